The van der Waals surface area contributed by atoms with E-state index in [4.69, 9.17) is 8.94 Å². The molecule has 1 aliphatic rings. The highest BCUT2D eigenvalue weighted by Gasteiger charge is 2.25. The first-order valence-electron chi connectivity index (χ1n) is 8.68. The summed E-state index contributed by atoms with van der Waals surface area (Å²) in [5.41, 5.74) is 3.25. The normalized spacial score (nSPS) is 15.1. The van der Waals surface area contributed by atoms with Crippen LogP contribution in [-0.2, 0) is 0 Å². The minimum Gasteiger partial charge on any atom is -0.466 e. The Morgan fingerprint density at radius 3 is 2.56 bits per heavy atom. The molecule has 3 aromatic rings. The molecule has 3 aromatic heterocycles. The number of piperidine rings is 1. The number of rotatable bonds is 2. The van der Waals surface area contributed by atoms with Gasteiger partial charge in [-0.2, -0.15) is 0 Å². The Labute approximate surface area is 145 Å². The van der Waals surface area contributed by atoms with Crippen molar-refractivity contribution in [2.45, 2.75) is 40.0 Å². The lowest BCUT2D eigenvalue weighted by molar-refractivity contribution is 0.0726. The quantitative estimate of drug-likeness (QED) is 0.705. The fraction of sp³-hybridized carbons (Fsp3) is 0.421. The number of aryl methyl sites for hydroxylation is 3. The van der Waals surface area contributed by atoms with E-state index in [9.17, 15) is 4.79 Å². The van der Waals surface area contributed by atoms with Crippen LogP contribution in [-0.4, -0.2) is 34.0 Å². The van der Waals surface area contributed by atoms with Gasteiger partial charge in [-0.15, -0.1) is 0 Å². The van der Waals surface area contributed by atoms with Gasteiger partial charge in [-0.3, -0.25) is 4.79 Å². The highest BCUT2D eigenvalue weighted by Crippen LogP contribution is 2.31. The van der Waals surface area contributed by atoms with Gasteiger partial charge in [0.1, 0.15) is 11.5 Å². The molecule has 130 valence electrons. The second-order valence-electron chi connectivity index (χ2n) is 6.68. The standard InChI is InChI=1S/C19H21N3O3/c1-11-9-14(13(3)24-11)16-10-15(17-12(2)21-25-18(17)20-16)19(23)22-7-5-4-6-8-22/h9-10H,4-8H2,1-3H3. The lowest BCUT2D eigenvalue weighted by atomic mass is 10.0. The molecule has 0 N–H and O–H groups in total. The van der Waals surface area contributed by atoms with Crippen LogP contribution in [0, 0.1) is 20.8 Å². The molecule has 0 spiro atoms. The predicted octanol–water partition coefficient (Wildman–Crippen LogP) is 4.03. The van der Waals surface area contributed by atoms with E-state index in [1.807, 2.05) is 37.8 Å². The molecule has 0 bridgehead atoms. The van der Waals surface area contributed by atoms with E-state index in [2.05, 4.69) is 10.1 Å². The minimum absolute atomic E-state index is 0.0255. The Morgan fingerprint density at radius 1 is 1.12 bits per heavy atom. The van der Waals surface area contributed by atoms with E-state index in [0.717, 1.165) is 43.0 Å². The molecule has 0 atom stereocenters. The van der Waals surface area contributed by atoms with Crippen LogP contribution in [0.5, 0.6) is 0 Å². The first-order valence-corrected chi connectivity index (χ1v) is 8.68. The summed E-state index contributed by atoms with van der Waals surface area (Å²) in [5, 5.41) is 4.72. The van der Waals surface area contributed by atoms with E-state index in [0.29, 0.717) is 28.1 Å². The highest BCUT2D eigenvalue weighted by atomic mass is 16.5. The summed E-state index contributed by atoms with van der Waals surface area (Å²) >= 11 is 0. The van der Waals surface area contributed by atoms with E-state index >= 15 is 0 Å². The van der Waals surface area contributed by atoms with Crippen LogP contribution in [0.2, 0.25) is 0 Å². The monoisotopic (exact) mass is 339 g/mol. The molecule has 4 heterocycles. The number of fused-ring (bicyclic) bond motifs is 1. The minimum atomic E-state index is 0.0255. The molecule has 0 radical (unpaired) electrons. The average Bonchev–Trinajstić information content (AvgIpc) is 3.16. The van der Waals surface area contributed by atoms with Crippen molar-refractivity contribution in [2.24, 2.45) is 0 Å². The number of aromatic nitrogens is 2. The molecule has 6 heteroatoms. The van der Waals surface area contributed by atoms with Crippen molar-refractivity contribution in [1.29, 1.82) is 0 Å². The smallest absolute Gasteiger partial charge is 0.259 e. The van der Waals surface area contributed by atoms with Crippen LogP contribution >= 0.6 is 0 Å². The van der Waals surface area contributed by atoms with Crippen molar-refractivity contribution in [2.75, 3.05) is 13.1 Å². The number of hydrogen-bond donors (Lipinski definition) is 0. The maximum Gasteiger partial charge on any atom is 0.259 e. The highest BCUT2D eigenvalue weighted by molar-refractivity contribution is 6.07. The molecule has 1 amide bonds. The Balaban J connectivity index is 1.87. The fourth-order valence-corrected chi connectivity index (χ4v) is 3.55. The number of hydrogen-bond acceptors (Lipinski definition) is 5. The molecular weight excluding hydrogens is 318 g/mol. The summed E-state index contributed by atoms with van der Waals surface area (Å²) in [6.45, 7) is 7.23. The fourth-order valence-electron chi connectivity index (χ4n) is 3.55. The number of pyridine rings is 1. The lowest BCUT2D eigenvalue weighted by Crippen LogP contribution is -2.35. The summed E-state index contributed by atoms with van der Waals surface area (Å²) < 4.78 is 11.0. The topological polar surface area (TPSA) is 72.4 Å². The molecule has 25 heavy (non-hydrogen) atoms. The van der Waals surface area contributed by atoms with Crippen molar-refractivity contribution in [3.63, 3.8) is 0 Å². The largest absolute Gasteiger partial charge is 0.466 e. The first-order chi connectivity index (χ1) is 12.0. The van der Waals surface area contributed by atoms with Crippen LogP contribution in [0.1, 0.15) is 46.8 Å². The molecule has 1 saturated heterocycles. The van der Waals surface area contributed by atoms with Gasteiger partial charge in [0, 0.05) is 18.7 Å². The first kappa shape index (κ1) is 15.9. The Kier molecular flexibility index (Phi) is 3.82. The van der Waals surface area contributed by atoms with Crippen molar-refractivity contribution in [3.8, 4) is 11.3 Å². The van der Waals surface area contributed by atoms with Crippen LogP contribution in [0.3, 0.4) is 0 Å². The van der Waals surface area contributed by atoms with Crippen LogP contribution in [0.15, 0.2) is 21.1 Å². The van der Waals surface area contributed by atoms with Gasteiger partial charge in [-0.25, -0.2) is 4.98 Å². The zero-order valence-electron chi connectivity index (χ0n) is 14.8. The number of carbonyl (C=O) groups is 1. The molecule has 0 unspecified atom stereocenters. The number of carbonyl (C=O) groups excluding carboxylic acids is 1. The van der Waals surface area contributed by atoms with Gasteiger partial charge in [0.25, 0.3) is 11.6 Å². The predicted molar refractivity (Wildman–Crippen MR) is 93.5 cm³/mol. The summed E-state index contributed by atoms with van der Waals surface area (Å²) in [4.78, 5) is 19.6. The summed E-state index contributed by atoms with van der Waals surface area (Å²) in [5.74, 6) is 1.61. The van der Waals surface area contributed by atoms with E-state index < -0.39 is 0 Å². The van der Waals surface area contributed by atoms with Crippen molar-refractivity contribution in [3.05, 3.63) is 34.9 Å². The van der Waals surface area contributed by atoms with Gasteiger partial charge >= 0.3 is 0 Å². The van der Waals surface area contributed by atoms with Crippen molar-refractivity contribution >= 4 is 17.0 Å². The van der Waals surface area contributed by atoms with Gasteiger partial charge in [0.05, 0.1) is 22.3 Å². The van der Waals surface area contributed by atoms with Crippen LogP contribution < -0.4 is 0 Å². The van der Waals surface area contributed by atoms with Gasteiger partial charge in [-0.1, -0.05) is 5.16 Å². The molecule has 6 nitrogen and oxygen atoms in total. The molecule has 0 aromatic carbocycles. The van der Waals surface area contributed by atoms with Crippen molar-refractivity contribution < 1.29 is 13.7 Å². The van der Waals surface area contributed by atoms with Gasteiger partial charge < -0.3 is 13.8 Å². The third kappa shape index (κ3) is 2.71. The van der Waals surface area contributed by atoms with E-state index in [-0.39, 0.29) is 5.91 Å². The molecule has 0 aliphatic carbocycles. The van der Waals surface area contributed by atoms with E-state index in [1.165, 1.54) is 6.42 Å². The zero-order valence-corrected chi connectivity index (χ0v) is 14.8. The van der Waals surface area contributed by atoms with Gasteiger partial charge in [0.2, 0.25) is 0 Å². The summed E-state index contributed by atoms with van der Waals surface area (Å²) in [6, 6.07) is 3.78. The zero-order chi connectivity index (χ0) is 17.6. The Bertz CT molecular complexity index is 948. The SMILES string of the molecule is Cc1cc(-c2cc(C(=O)N3CCCCC3)c3c(C)noc3n2)c(C)o1. The third-order valence-corrected chi connectivity index (χ3v) is 4.81. The Morgan fingerprint density at radius 2 is 1.88 bits per heavy atom. The number of amides is 1. The molecule has 1 aliphatic heterocycles. The molecule has 4 rings (SSSR count). The number of furan rings is 1. The number of nitrogens with zero attached hydrogens (tertiary/aromatic N) is 3. The third-order valence-electron chi connectivity index (χ3n) is 4.81. The lowest BCUT2D eigenvalue weighted by Gasteiger charge is -2.27. The maximum absolute atomic E-state index is 13.1. The summed E-state index contributed by atoms with van der Waals surface area (Å²) in [6.07, 6.45) is 3.28. The second-order valence-corrected chi connectivity index (χ2v) is 6.68. The average molecular weight is 339 g/mol. The molecule has 1 fully saturated rings. The molecular formula is C19H21N3O3. The van der Waals surface area contributed by atoms with Gasteiger partial charge in [-0.05, 0) is 52.2 Å². The van der Waals surface area contributed by atoms with Gasteiger partial charge in [0.15, 0.2) is 0 Å². The van der Waals surface area contributed by atoms with Crippen molar-refractivity contribution in [1.82, 2.24) is 15.0 Å². The summed E-state index contributed by atoms with van der Waals surface area (Å²) in [7, 11) is 0. The maximum atomic E-state index is 13.1. The van der Waals surface area contributed by atoms with Crippen LogP contribution in [0.4, 0.5) is 0 Å². The Hall–Kier alpha value is -2.63. The second kappa shape index (κ2) is 6.02. The number of likely N-dealkylation sites (tertiary alicyclic amines) is 1. The van der Waals surface area contributed by atoms with Crippen LogP contribution in [0.25, 0.3) is 22.4 Å². The van der Waals surface area contributed by atoms with E-state index in [1.54, 1.807) is 0 Å². The molecule has 0 saturated carbocycles.